The summed E-state index contributed by atoms with van der Waals surface area (Å²) >= 11 is 1.61. The van der Waals surface area contributed by atoms with Gasteiger partial charge in [-0.15, -0.1) is 11.3 Å². The van der Waals surface area contributed by atoms with Gasteiger partial charge in [0.25, 0.3) is 0 Å². The van der Waals surface area contributed by atoms with Crippen LogP contribution in [0.3, 0.4) is 0 Å². The van der Waals surface area contributed by atoms with Crippen LogP contribution in [0.25, 0.3) is 0 Å². The first-order chi connectivity index (χ1) is 7.69. The zero-order chi connectivity index (χ0) is 11.5. The molecule has 0 fully saturated rings. The topological polar surface area (TPSA) is 61.6 Å². The molecule has 5 heteroatoms. The largest absolute Gasteiger partial charge is 0.332 e. The first kappa shape index (κ1) is 10.6. The van der Waals surface area contributed by atoms with Gasteiger partial charge in [-0.25, -0.2) is 9.97 Å². The maximum Gasteiger partial charge on any atom is 0.146 e. The van der Waals surface area contributed by atoms with Crippen LogP contribution >= 0.6 is 11.3 Å². The van der Waals surface area contributed by atoms with Crippen LogP contribution in [0.15, 0.2) is 17.5 Å². The van der Waals surface area contributed by atoms with Gasteiger partial charge in [-0.05, 0) is 30.9 Å². The van der Waals surface area contributed by atoms with E-state index in [4.69, 9.17) is 5.26 Å². The quantitative estimate of drug-likeness (QED) is 0.861. The van der Waals surface area contributed by atoms with Crippen molar-refractivity contribution in [2.45, 2.75) is 13.8 Å². The molecule has 0 aliphatic carbocycles. The summed E-state index contributed by atoms with van der Waals surface area (Å²) in [6, 6.07) is 5.69. The number of anilines is 2. The number of aryl methyl sites for hydroxylation is 2. The number of nitriles is 1. The summed E-state index contributed by atoms with van der Waals surface area (Å²) in [6.45, 7) is 3.80. The molecule has 0 amide bonds. The summed E-state index contributed by atoms with van der Waals surface area (Å²) in [4.78, 5) is 8.23. The average molecular weight is 230 g/mol. The number of hydrogen-bond donors (Lipinski definition) is 1. The molecule has 0 saturated heterocycles. The molecular formula is C11H10N4S. The van der Waals surface area contributed by atoms with Crippen LogP contribution in [-0.2, 0) is 0 Å². The van der Waals surface area contributed by atoms with Gasteiger partial charge in [0, 0.05) is 6.07 Å². The standard InChI is InChI=1S/C11H10N4S/c1-7-3-4-16-11(7)15-10-5-9(6-12)13-8(2)14-10/h3-5H,1-2H3,(H,13,14,15). The highest BCUT2D eigenvalue weighted by molar-refractivity contribution is 7.14. The van der Waals surface area contributed by atoms with Gasteiger partial charge in [-0.2, -0.15) is 5.26 Å². The van der Waals surface area contributed by atoms with Gasteiger partial charge in [-0.1, -0.05) is 0 Å². The van der Waals surface area contributed by atoms with E-state index in [0.717, 1.165) is 5.00 Å². The minimum atomic E-state index is 0.379. The van der Waals surface area contributed by atoms with E-state index in [2.05, 4.69) is 15.3 Å². The highest BCUT2D eigenvalue weighted by Crippen LogP contribution is 2.25. The molecule has 2 heterocycles. The summed E-state index contributed by atoms with van der Waals surface area (Å²) in [7, 11) is 0. The molecule has 1 N–H and O–H groups in total. The SMILES string of the molecule is Cc1nc(C#N)cc(Nc2sccc2C)n1. The summed E-state index contributed by atoms with van der Waals surface area (Å²) in [5.41, 5.74) is 1.55. The zero-order valence-electron chi connectivity index (χ0n) is 8.98. The summed E-state index contributed by atoms with van der Waals surface area (Å²) in [5.74, 6) is 1.25. The first-order valence-electron chi connectivity index (χ1n) is 4.76. The third-order valence-corrected chi connectivity index (χ3v) is 2.99. The van der Waals surface area contributed by atoms with E-state index in [-0.39, 0.29) is 0 Å². The second-order valence-electron chi connectivity index (χ2n) is 3.36. The lowest BCUT2D eigenvalue weighted by molar-refractivity contribution is 1.04. The van der Waals surface area contributed by atoms with Crippen LogP contribution in [0.5, 0.6) is 0 Å². The monoisotopic (exact) mass is 230 g/mol. The molecule has 16 heavy (non-hydrogen) atoms. The Morgan fingerprint density at radius 1 is 1.38 bits per heavy atom. The summed E-state index contributed by atoms with van der Waals surface area (Å²) in [5, 5.41) is 15.0. The Labute approximate surface area is 97.6 Å². The molecule has 0 aliphatic rings. The molecule has 2 aromatic rings. The van der Waals surface area contributed by atoms with E-state index in [1.807, 2.05) is 24.4 Å². The van der Waals surface area contributed by atoms with Crippen molar-refractivity contribution in [1.29, 1.82) is 5.26 Å². The van der Waals surface area contributed by atoms with Crippen LogP contribution < -0.4 is 5.32 Å². The molecule has 0 spiro atoms. The Kier molecular flexibility index (Phi) is 2.84. The smallest absolute Gasteiger partial charge is 0.146 e. The average Bonchev–Trinajstić information content (AvgIpc) is 2.63. The molecule has 0 saturated carbocycles. The van der Waals surface area contributed by atoms with Crippen molar-refractivity contribution in [3.05, 3.63) is 34.6 Å². The molecule has 0 radical (unpaired) electrons. The van der Waals surface area contributed by atoms with Gasteiger partial charge in [-0.3, -0.25) is 0 Å². The molecule has 2 rings (SSSR count). The molecule has 4 nitrogen and oxygen atoms in total. The van der Waals surface area contributed by atoms with E-state index in [9.17, 15) is 0 Å². The molecular weight excluding hydrogens is 220 g/mol. The molecule has 80 valence electrons. The molecule has 2 aromatic heterocycles. The number of thiophene rings is 1. The van der Waals surface area contributed by atoms with Crippen LogP contribution in [0.4, 0.5) is 10.8 Å². The molecule has 0 bridgehead atoms. The van der Waals surface area contributed by atoms with Crippen molar-refractivity contribution < 1.29 is 0 Å². The van der Waals surface area contributed by atoms with Crippen molar-refractivity contribution in [3.8, 4) is 6.07 Å². The Bertz CT molecular complexity index is 553. The molecule has 0 atom stereocenters. The minimum absolute atomic E-state index is 0.379. The minimum Gasteiger partial charge on any atom is -0.332 e. The Hall–Kier alpha value is -1.93. The van der Waals surface area contributed by atoms with Gasteiger partial charge in [0.15, 0.2) is 0 Å². The second-order valence-corrected chi connectivity index (χ2v) is 4.27. The predicted octanol–water partition coefficient (Wildman–Crippen LogP) is 2.77. The van der Waals surface area contributed by atoms with Crippen LogP contribution in [-0.4, -0.2) is 9.97 Å². The predicted molar refractivity (Wildman–Crippen MR) is 63.8 cm³/mol. The number of nitrogens with one attached hydrogen (secondary N) is 1. The van der Waals surface area contributed by atoms with Crippen molar-refractivity contribution in [3.63, 3.8) is 0 Å². The Morgan fingerprint density at radius 2 is 2.19 bits per heavy atom. The molecule has 0 aromatic carbocycles. The highest BCUT2D eigenvalue weighted by atomic mass is 32.1. The van der Waals surface area contributed by atoms with Crippen molar-refractivity contribution >= 4 is 22.2 Å². The van der Waals surface area contributed by atoms with E-state index in [1.54, 1.807) is 24.3 Å². The summed E-state index contributed by atoms with van der Waals surface area (Å²) < 4.78 is 0. The van der Waals surface area contributed by atoms with Gasteiger partial charge in [0.2, 0.25) is 0 Å². The van der Waals surface area contributed by atoms with E-state index >= 15 is 0 Å². The zero-order valence-corrected chi connectivity index (χ0v) is 9.80. The number of rotatable bonds is 2. The normalized spacial score (nSPS) is 9.81. The van der Waals surface area contributed by atoms with Crippen LogP contribution in [0.2, 0.25) is 0 Å². The first-order valence-corrected chi connectivity index (χ1v) is 5.64. The van der Waals surface area contributed by atoms with Crippen LogP contribution in [0.1, 0.15) is 17.1 Å². The van der Waals surface area contributed by atoms with Crippen molar-refractivity contribution in [2.75, 3.05) is 5.32 Å². The van der Waals surface area contributed by atoms with Gasteiger partial charge in [0.1, 0.15) is 23.4 Å². The van der Waals surface area contributed by atoms with Gasteiger partial charge >= 0.3 is 0 Å². The van der Waals surface area contributed by atoms with Gasteiger partial charge in [0.05, 0.1) is 5.00 Å². The molecule has 0 unspecified atom stereocenters. The third kappa shape index (κ3) is 2.18. The maximum atomic E-state index is 8.80. The van der Waals surface area contributed by atoms with Gasteiger partial charge < -0.3 is 5.32 Å². The number of aromatic nitrogens is 2. The second kappa shape index (κ2) is 4.29. The summed E-state index contributed by atoms with van der Waals surface area (Å²) in [6.07, 6.45) is 0. The van der Waals surface area contributed by atoms with Crippen molar-refractivity contribution in [1.82, 2.24) is 9.97 Å². The van der Waals surface area contributed by atoms with Crippen molar-refractivity contribution in [2.24, 2.45) is 0 Å². The third-order valence-electron chi connectivity index (χ3n) is 2.06. The maximum absolute atomic E-state index is 8.80. The fourth-order valence-corrected chi connectivity index (χ4v) is 2.13. The Morgan fingerprint density at radius 3 is 2.81 bits per heavy atom. The highest BCUT2D eigenvalue weighted by Gasteiger charge is 2.04. The van der Waals surface area contributed by atoms with E-state index in [1.165, 1.54) is 5.56 Å². The van der Waals surface area contributed by atoms with Crippen LogP contribution in [0, 0.1) is 25.2 Å². The lowest BCUT2D eigenvalue weighted by atomic mass is 10.3. The fourth-order valence-electron chi connectivity index (χ4n) is 1.31. The number of hydrogen-bond acceptors (Lipinski definition) is 5. The number of nitrogens with zero attached hydrogens (tertiary/aromatic N) is 3. The Balaban J connectivity index is 2.32. The lowest BCUT2D eigenvalue weighted by Crippen LogP contribution is -1.98. The molecule has 0 aliphatic heterocycles. The van der Waals surface area contributed by atoms with E-state index < -0.39 is 0 Å². The lowest BCUT2D eigenvalue weighted by Gasteiger charge is -2.05. The van der Waals surface area contributed by atoms with E-state index in [0.29, 0.717) is 17.3 Å². The fraction of sp³-hybridized carbons (Fsp3) is 0.182.